The van der Waals surface area contributed by atoms with Crippen molar-refractivity contribution in [3.05, 3.63) is 95.3 Å². The van der Waals surface area contributed by atoms with Crippen LogP contribution in [0.4, 0.5) is 5.69 Å². The van der Waals surface area contributed by atoms with Crippen molar-refractivity contribution in [2.75, 3.05) is 11.4 Å². The molecule has 1 unspecified atom stereocenters. The van der Waals surface area contributed by atoms with Gasteiger partial charge in [0.25, 0.3) is 0 Å². The first-order valence-electron chi connectivity index (χ1n) is 13.0. The Balaban J connectivity index is 1.46. The van der Waals surface area contributed by atoms with Crippen LogP contribution >= 0.6 is 0 Å². The average Bonchev–Trinajstić information content (AvgIpc) is 3.43. The fourth-order valence-electron chi connectivity index (χ4n) is 5.36. The molecule has 1 saturated heterocycles. The zero-order valence-electron chi connectivity index (χ0n) is 22.0. The lowest BCUT2D eigenvalue weighted by Crippen LogP contribution is -2.39. The van der Waals surface area contributed by atoms with Crippen LogP contribution < -0.4 is 4.90 Å². The monoisotopic (exact) mass is 494 g/mol. The van der Waals surface area contributed by atoms with E-state index in [0.29, 0.717) is 19.5 Å². The Bertz CT molecular complexity index is 1440. The van der Waals surface area contributed by atoms with Crippen LogP contribution in [0.1, 0.15) is 48.7 Å². The van der Waals surface area contributed by atoms with Gasteiger partial charge in [-0.1, -0.05) is 60.2 Å². The molecule has 37 heavy (non-hydrogen) atoms. The van der Waals surface area contributed by atoms with E-state index in [1.165, 1.54) is 5.56 Å². The van der Waals surface area contributed by atoms with E-state index in [4.69, 9.17) is 4.98 Å². The summed E-state index contributed by atoms with van der Waals surface area (Å²) in [6, 6.07) is 24.2. The minimum Gasteiger partial charge on any atom is -0.334 e. The minimum atomic E-state index is -0.0879. The first-order chi connectivity index (χ1) is 17.8. The lowest BCUT2D eigenvalue weighted by Gasteiger charge is -2.28. The largest absolute Gasteiger partial charge is 0.334 e. The molecule has 0 spiro atoms. The molecular weight excluding hydrogens is 460 g/mol. The van der Waals surface area contributed by atoms with Crippen LogP contribution in [0.2, 0.25) is 0 Å². The summed E-state index contributed by atoms with van der Waals surface area (Å²) in [5.74, 6) is 0.849. The molecule has 0 N–H and O–H groups in total. The number of benzene rings is 3. The van der Waals surface area contributed by atoms with Gasteiger partial charge in [0.2, 0.25) is 11.8 Å². The predicted molar refractivity (Wildman–Crippen MR) is 147 cm³/mol. The molecule has 3 aromatic carbocycles. The highest BCUT2D eigenvalue weighted by atomic mass is 16.2. The molecule has 6 heteroatoms. The number of rotatable bonds is 7. The number of anilines is 1. The highest BCUT2D eigenvalue weighted by Gasteiger charge is 2.36. The number of carbonyl (C=O) groups excluding carboxylic acids is 2. The molecule has 1 atom stereocenters. The van der Waals surface area contributed by atoms with Crippen molar-refractivity contribution in [3.8, 4) is 0 Å². The Hall–Kier alpha value is -3.93. The molecular formula is C31H34N4O2. The molecule has 190 valence electrons. The summed E-state index contributed by atoms with van der Waals surface area (Å²) in [7, 11) is 0. The van der Waals surface area contributed by atoms with Gasteiger partial charge >= 0.3 is 0 Å². The third-order valence-electron chi connectivity index (χ3n) is 7.25. The summed E-state index contributed by atoms with van der Waals surface area (Å²) in [5.41, 5.74) is 6.09. The van der Waals surface area contributed by atoms with Crippen molar-refractivity contribution in [2.24, 2.45) is 0 Å². The van der Waals surface area contributed by atoms with Crippen molar-refractivity contribution < 1.29 is 9.59 Å². The molecule has 4 aromatic rings. The summed E-state index contributed by atoms with van der Waals surface area (Å²) < 4.78 is 2.03. The number of fused-ring (bicyclic) bond motifs is 1. The zero-order valence-corrected chi connectivity index (χ0v) is 22.0. The molecule has 0 bridgehead atoms. The van der Waals surface area contributed by atoms with Crippen molar-refractivity contribution in [3.63, 3.8) is 0 Å². The Morgan fingerprint density at radius 2 is 1.76 bits per heavy atom. The lowest BCUT2D eigenvalue weighted by atomic mass is 10.1. The van der Waals surface area contributed by atoms with E-state index >= 15 is 0 Å². The second-order valence-corrected chi connectivity index (χ2v) is 10.3. The van der Waals surface area contributed by atoms with Crippen LogP contribution in [0, 0.1) is 13.8 Å². The summed E-state index contributed by atoms with van der Waals surface area (Å²) >= 11 is 0. The number of hydrogen-bond donors (Lipinski definition) is 0. The Labute approximate surface area is 218 Å². The van der Waals surface area contributed by atoms with Gasteiger partial charge in [-0.2, -0.15) is 0 Å². The van der Waals surface area contributed by atoms with Crippen LogP contribution in [-0.4, -0.2) is 38.9 Å². The van der Waals surface area contributed by atoms with Crippen molar-refractivity contribution in [1.82, 2.24) is 14.5 Å². The minimum absolute atomic E-state index is 0.0406. The molecule has 6 nitrogen and oxygen atoms in total. The highest BCUT2D eigenvalue weighted by Crippen LogP contribution is 2.35. The smallest absolute Gasteiger partial charge is 0.243 e. The number of nitrogens with zero attached hydrogens (tertiary/aromatic N) is 4. The summed E-state index contributed by atoms with van der Waals surface area (Å²) in [4.78, 5) is 35.6. The van der Waals surface area contributed by atoms with Gasteiger partial charge in [0.1, 0.15) is 12.4 Å². The Kier molecular flexibility index (Phi) is 6.83. The van der Waals surface area contributed by atoms with E-state index in [9.17, 15) is 9.59 Å². The van der Waals surface area contributed by atoms with Gasteiger partial charge in [-0.25, -0.2) is 4.98 Å². The first-order valence-corrected chi connectivity index (χ1v) is 13.0. The predicted octanol–water partition coefficient (Wildman–Crippen LogP) is 5.61. The third-order valence-corrected chi connectivity index (χ3v) is 7.25. The quantitative estimate of drug-likeness (QED) is 0.336. The fourth-order valence-corrected chi connectivity index (χ4v) is 5.36. The molecule has 1 fully saturated rings. The van der Waals surface area contributed by atoms with Gasteiger partial charge in [0, 0.05) is 37.2 Å². The number of hydrogen-bond acceptors (Lipinski definition) is 3. The second-order valence-electron chi connectivity index (χ2n) is 10.3. The van der Waals surface area contributed by atoms with E-state index < -0.39 is 0 Å². The molecule has 5 rings (SSSR count). The maximum Gasteiger partial charge on any atom is 0.243 e. The van der Waals surface area contributed by atoms with Crippen molar-refractivity contribution in [1.29, 1.82) is 0 Å². The average molecular weight is 495 g/mol. The third kappa shape index (κ3) is 5.01. The van der Waals surface area contributed by atoms with Crippen molar-refractivity contribution in [2.45, 2.75) is 59.2 Å². The van der Waals surface area contributed by atoms with E-state index in [-0.39, 0.29) is 30.3 Å². The zero-order chi connectivity index (χ0) is 26.1. The number of imidazole rings is 1. The van der Waals surface area contributed by atoms with Crippen LogP contribution in [0.15, 0.2) is 72.8 Å². The van der Waals surface area contributed by atoms with Gasteiger partial charge in [0.05, 0.1) is 11.0 Å². The van der Waals surface area contributed by atoms with Crippen LogP contribution in [0.5, 0.6) is 0 Å². The SMILES string of the molecule is Cc1ccc(N2CC(c3nc4ccccc4n3CC(=O)N(Cc3ccccc3)C(C)C)CC2=O)c(C)c1. The topological polar surface area (TPSA) is 58.4 Å². The number of amides is 2. The normalized spacial score (nSPS) is 15.6. The summed E-state index contributed by atoms with van der Waals surface area (Å²) in [6.07, 6.45) is 0.378. The van der Waals surface area contributed by atoms with Crippen molar-refractivity contribution >= 4 is 28.5 Å². The van der Waals surface area contributed by atoms with Crippen LogP contribution in [0.3, 0.4) is 0 Å². The number of aromatic nitrogens is 2. The number of para-hydroxylation sites is 2. The van der Waals surface area contributed by atoms with E-state index in [1.54, 1.807) is 0 Å². The first kappa shape index (κ1) is 24.8. The van der Waals surface area contributed by atoms with Gasteiger partial charge in [-0.15, -0.1) is 0 Å². The molecule has 0 saturated carbocycles. The number of carbonyl (C=O) groups is 2. The standard InChI is InChI=1S/C31H34N4O2/c1-21(2)33(18-24-10-6-5-7-11-24)30(37)20-35-28-13-9-8-12-26(28)32-31(35)25-17-29(36)34(19-25)27-15-14-22(3)16-23(27)4/h5-16,21,25H,17-20H2,1-4H3. The van der Waals surface area contributed by atoms with Crippen LogP contribution in [0.25, 0.3) is 11.0 Å². The summed E-state index contributed by atoms with van der Waals surface area (Å²) in [5, 5.41) is 0. The molecule has 2 heterocycles. The van der Waals surface area contributed by atoms with Crippen LogP contribution in [-0.2, 0) is 22.7 Å². The maximum atomic E-state index is 13.7. The van der Waals surface area contributed by atoms with E-state index in [2.05, 4.69) is 13.0 Å². The molecule has 1 aliphatic heterocycles. The number of aryl methyl sites for hydroxylation is 2. The molecule has 1 aliphatic rings. The van der Waals surface area contributed by atoms with Gasteiger partial charge in [-0.3, -0.25) is 9.59 Å². The fraction of sp³-hybridized carbons (Fsp3) is 0.323. The highest BCUT2D eigenvalue weighted by molar-refractivity contribution is 5.97. The van der Waals surface area contributed by atoms with Gasteiger partial charge in [-0.05, 0) is 57.0 Å². The van der Waals surface area contributed by atoms with Gasteiger partial charge < -0.3 is 14.4 Å². The molecule has 1 aromatic heterocycles. The maximum absolute atomic E-state index is 13.7. The van der Waals surface area contributed by atoms with E-state index in [1.807, 2.05) is 102 Å². The Morgan fingerprint density at radius 1 is 1.03 bits per heavy atom. The molecule has 0 aliphatic carbocycles. The molecule has 0 radical (unpaired) electrons. The lowest BCUT2D eigenvalue weighted by molar-refractivity contribution is -0.134. The Morgan fingerprint density at radius 3 is 2.49 bits per heavy atom. The van der Waals surface area contributed by atoms with E-state index in [0.717, 1.165) is 33.7 Å². The second kappa shape index (κ2) is 10.2. The van der Waals surface area contributed by atoms with Gasteiger partial charge in [0.15, 0.2) is 0 Å². The molecule has 2 amide bonds. The summed E-state index contributed by atoms with van der Waals surface area (Å²) in [6.45, 7) is 9.50.